The smallest absolute Gasteiger partial charge is 0.410 e. The summed E-state index contributed by atoms with van der Waals surface area (Å²) in [5.74, 6) is -0.235. The van der Waals surface area contributed by atoms with Crippen LogP contribution in [0.3, 0.4) is 0 Å². The number of carbonyl (C=O) groups excluding carboxylic acids is 2. The second kappa shape index (κ2) is 6.49. The highest BCUT2D eigenvalue weighted by molar-refractivity contribution is 5.97. The van der Waals surface area contributed by atoms with Gasteiger partial charge in [0, 0.05) is 13.6 Å². The van der Waals surface area contributed by atoms with Gasteiger partial charge in [-0.1, -0.05) is 12.1 Å². The predicted molar refractivity (Wildman–Crippen MR) is 60.9 cm³/mol. The lowest BCUT2D eigenvalue weighted by atomic mass is 10.2. The molecule has 1 aromatic carbocycles. The van der Waals surface area contributed by atoms with E-state index in [4.69, 9.17) is 9.84 Å². The number of hydrogen-bond acceptors (Lipinski definition) is 4. The third-order valence-electron chi connectivity index (χ3n) is 1.94. The first-order valence-corrected chi connectivity index (χ1v) is 5.06. The summed E-state index contributed by atoms with van der Waals surface area (Å²) in [4.78, 5) is 22.7. The summed E-state index contributed by atoms with van der Waals surface area (Å²) >= 11 is 0. The lowest BCUT2D eigenvalue weighted by Crippen LogP contribution is -2.28. The summed E-state index contributed by atoms with van der Waals surface area (Å²) in [5, 5.41) is 13.4. The van der Waals surface area contributed by atoms with E-state index in [-0.39, 0.29) is 24.5 Å². The molecule has 1 aromatic rings. The van der Waals surface area contributed by atoms with Crippen molar-refractivity contribution in [1.82, 2.24) is 10.6 Å². The Morgan fingerprint density at radius 3 is 2.71 bits per heavy atom. The van der Waals surface area contributed by atoms with E-state index < -0.39 is 12.0 Å². The lowest BCUT2D eigenvalue weighted by Gasteiger charge is -2.09. The van der Waals surface area contributed by atoms with Crippen molar-refractivity contribution in [3.05, 3.63) is 29.8 Å². The van der Waals surface area contributed by atoms with Crippen LogP contribution < -0.4 is 15.4 Å². The Bertz CT molecular complexity index is 406. The quantitative estimate of drug-likeness (QED) is 0.695. The number of amides is 2. The van der Waals surface area contributed by atoms with Gasteiger partial charge in [-0.05, 0) is 12.1 Å². The van der Waals surface area contributed by atoms with Crippen LogP contribution in [0.25, 0.3) is 0 Å². The van der Waals surface area contributed by atoms with Gasteiger partial charge in [0.05, 0.1) is 12.2 Å². The van der Waals surface area contributed by atoms with E-state index in [1.54, 1.807) is 12.1 Å². The van der Waals surface area contributed by atoms with Crippen LogP contribution in [0.4, 0.5) is 4.79 Å². The molecule has 0 heterocycles. The Labute approximate surface area is 98.6 Å². The number of rotatable bonds is 4. The Morgan fingerprint density at radius 2 is 2.06 bits per heavy atom. The van der Waals surface area contributed by atoms with Crippen molar-refractivity contribution >= 4 is 12.0 Å². The second-order valence-corrected chi connectivity index (χ2v) is 3.12. The minimum absolute atomic E-state index is 0.146. The second-order valence-electron chi connectivity index (χ2n) is 3.12. The fraction of sp³-hybridized carbons (Fsp3) is 0.273. The molecule has 6 nitrogen and oxygen atoms in total. The number of nitrogens with one attached hydrogen (secondary N) is 2. The molecule has 0 aliphatic carbocycles. The number of para-hydroxylation sites is 1. The van der Waals surface area contributed by atoms with Gasteiger partial charge in [-0.15, -0.1) is 0 Å². The molecule has 92 valence electrons. The first-order chi connectivity index (χ1) is 8.19. The van der Waals surface area contributed by atoms with Crippen molar-refractivity contribution in [2.24, 2.45) is 0 Å². The van der Waals surface area contributed by atoms with Gasteiger partial charge in [-0.3, -0.25) is 4.79 Å². The summed E-state index contributed by atoms with van der Waals surface area (Å²) in [7, 11) is 1.43. The van der Waals surface area contributed by atoms with Crippen LogP contribution in [0.2, 0.25) is 0 Å². The summed E-state index contributed by atoms with van der Waals surface area (Å²) in [5.41, 5.74) is 0.240. The van der Waals surface area contributed by atoms with E-state index in [9.17, 15) is 9.59 Å². The fourth-order valence-corrected chi connectivity index (χ4v) is 1.16. The Balaban J connectivity index is 2.83. The van der Waals surface area contributed by atoms with Crippen LogP contribution >= 0.6 is 0 Å². The molecule has 3 N–H and O–H groups in total. The molecule has 0 spiro atoms. The van der Waals surface area contributed by atoms with Crippen LogP contribution in [-0.4, -0.2) is 37.3 Å². The van der Waals surface area contributed by atoms with E-state index in [1.165, 1.54) is 19.2 Å². The van der Waals surface area contributed by atoms with Gasteiger partial charge >= 0.3 is 6.09 Å². The SMILES string of the molecule is CNC(=O)Oc1ccccc1C(=O)NCCO. The van der Waals surface area contributed by atoms with E-state index in [0.29, 0.717) is 0 Å². The monoisotopic (exact) mass is 238 g/mol. The summed E-state index contributed by atoms with van der Waals surface area (Å²) in [6, 6.07) is 6.36. The van der Waals surface area contributed by atoms with Crippen molar-refractivity contribution in [3.63, 3.8) is 0 Å². The average Bonchev–Trinajstić information content (AvgIpc) is 2.36. The van der Waals surface area contributed by atoms with Gasteiger partial charge in [0.15, 0.2) is 0 Å². The predicted octanol–water partition coefficient (Wildman–Crippen LogP) is 0.127. The molecule has 0 unspecified atom stereocenters. The third kappa shape index (κ3) is 3.76. The van der Waals surface area contributed by atoms with Crippen LogP contribution in [0.15, 0.2) is 24.3 Å². The van der Waals surface area contributed by atoms with E-state index in [0.717, 1.165) is 0 Å². The van der Waals surface area contributed by atoms with Crippen LogP contribution in [0, 0.1) is 0 Å². The maximum atomic E-state index is 11.7. The van der Waals surface area contributed by atoms with Gasteiger partial charge in [0.2, 0.25) is 0 Å². The largest absolute Gasteiger partial charge is 0.412 e. The summed E-state index contributed by atoms with van der Waals surface area (Å²) < 4.78 is 4.92. The molecule has 0 bridgehead atoms. The Morgan fingerprint density at radius 1 is 1.35 bits per heavy atom. The number of benzene rings is 1. The van der Waals surface area contributed by atoms with Crippen LogP contribution in [-0.2, 0) is 0 Å². The highest BCUT2D eigenvalue weighted by atomic mass is 16.6. The zero-order valence-corrected chi connectivity index (χ0v) is 9.40. The average molecular weight is 238 g/mol. The van der Waals surface area contributed by atoms with Gasteiger partial charge in [0.1, 0.15) is 5.75 Å². The van der Waals surface area contributed by atoms with E-state index in [2.05, 4.69) is 10.6 Å². The molecule has 0 fully saturated rings. The van der Waals surface area contributed by atoms with Crippen molar-refractivity contribution in [2.75, 3.05) is 20.2 Å². The molecular formula is C11H14N2O4. The molecule has 0 atom stereocenters. The molecule has 0 aliphatic rings. The van der Waals surface area contributed by atoms with Crippen molar-refractivity contribution in [1.29, 1.82) is 0 Å². The molecule has 0 aromatic heterocycles. The van der Waals surface area contributed by atoms with Gasteiger partial charge in [0.25, 0.3) is 5.91 Å². The van der Waals surface area contributed by atoms with Crippen molar-refractivity contribution in [2.45, 2.75) is 0 Å². The van der Waals surface area contributed by atoms with Crippen molar-refractivity contribution < 1.29 is 19.4 Å². The number of aliphatic hydroxyl groups excluding tert-OH is 1. The van der Waals surface area contributed by atoms with Gasteiger partial charge in [-0.25, -0.2) is 4.79 Å². The summed E-state index contributed by atoms with van der Waals surface area (Å²) in [6.45, 7) is -0.00263. The van der Waals surface area contributed by atoms with Crippen LogP contribution in [0.1, 0.15) is 10.4 Å². The normalized spacial score (nSPS) is 9.53. The number of ether oxygens (including phenoxy) is 1. The van der Waals surface area contributed by atoms with E-state index >= 15 is 0 Å². The first kappa shape index (κ1) is 13.0. The highest BCUT2D eigenvalue weighted by Crippen LogP contribution is 2.17. The molecular weight excluding hydrogens is 224 g/mol. The third-order valence-corrected chi connectivity index (χ3v) is 1.94. The molecule has 0 aliphatic heterocycles. The number of carbonyl (C=O) groups is 2. The summed E-state index contributed by atoms with van der Waals surface area (Å²) in [6.07, 6.45) is -0.646. The minimum atomic E-state index is -0.646. The minimum Gasteiger partial charge on any atom is -0.410 e. The maximum Gasteiger partial charge on any atom is 0.412 e. The van der Waals surface area contributed by atoms with Gasteiger partial charge in [-0.2, -0.15) is 0 Å². The molecule has 0 saturated carbocycles. The van der Waals surface area contributed by atoms with E-state index in [1.807, 2.05) is 0 Å². The molecule has 0 radical (unpaired) electrons. The Hall–Kier alpha value is -2.08. The molecule has 17 heavy (non-hydrogen) atoms. The number of hydrogen-bond donors (Lipinski definition) is 3. The number of aliphatic hydroxyl groups is 1. The lowest BCUT2D eigenvalue weighted by molar-refractivity contribution is 0.0942. The zero-order valence-electron chi connectivity index (χ0n) is 9.40. The van der Waals surface area contributed by atoms with Gasteiger partial charge < -0.3 is 20.5 Å². The zero-order chi connectivity index (χ0) is 12.7. The Kier molecular flexibility index (Phi) is 4.96. The topological polar surface area (TPSA) is 87.7 Å². The fourth-order valence-electron chi connectivity index (χ4n) is 1.16. The standard InChI is InChI=1S/C11H14N2O4/c1-12-11(16)17-9-5-3-2-4-8(9)10(15)13-6-7-14/h2-5,14H,6-7H2,1H3,(H,12,16)(H,13,15). The highest BCUT2D eigenvalue weighted by Gasteiger charge is 2.13. The molecule has 2 amide bonds. The first-order valence-electron chi connectivity index (χ1n) is 5.06. The maximum absolute atomic E-state index is 11.7. The molecule has 1 rings (SSSR count). The molecule has 6 heteroatoms. The molecule has 0 saturated heterocycles. The van der Waals surface area contributed by atoms with Crippen molar-refractivity contribution in [3.8, 4) is 5.75 Å². The van der Waals surface area contributed by atoms with Crippen LogP contribution in [0.5, 0.6) is 5.75 Å².